The number of para-hydroxylation sites is 1. The average molecular weight is 506 g/mol. The molecule has 2 N–H and O–H groups in total. The molecular weight excluding hydrogens is 474 g/mol. The fourth-order valence-corrected chi connectivity index (χ4v) is 5.03. The highest BCUT2D eigenvalue weighted by atomic mass is 16.5. The van der Waals surface area contributed by atoms with Gasteiger partial charge in [0.25, 0.3) is 0 Å². The van der Waals surface area contributed by atoms with Crippen molar-refractivity contribution in [3.8, 4) is 5.75 Å². The van der Waals surface area contributed by atoms with Crippen molar-refractivity contribution >= 4 is 17.4 Å². The molecule has 1 aliphatic carbocycles. The Labute approximate surface area is 223 Å². The zero-order valence-electron chi connectivity index (χ0n) is 21.2. The second kappa shape index (κ2) is 11.8. The van der Waals surface area contributed by atoms with Crippen LogP contribution < -0.4 is 10.1 Å². The number of nitrogens with one attached hydrogen (secondary N) is 1. The summed E-state index contributed by atoms with van der Waals surface area (Å²) in [6.45, 7) is 0.666. The van der Waals surface area contributed by atoms with Gasteiger partial charge in [-0.3, -0.25) is 4.79 Å². The summed E-state index contributed by atoms with van der Waals surface area (Å²) < 4.78 is 6.08. The van der Waals surface area contributed by atoms with E-state index in [1.54, 1.807) is 36.4 Å². The van der Waals surface area contributed by atoms with Gasteiger partial charge in [0.1, 0.15) is 11.8 Å². The molecular formula is C33H31NO4. The number of ether oxygens (including phenoxy) is 1. The van der Waals surface area contributed by atoms with Crippen molar-refractivity contribution in [1.29, 1.82) is 0 Å². The lowest BCUT2D eigenvalue weighted by Crippen LogP contribution is -2.32. The smallest absolute Gasteiger partial charge is 0.326 e. The summed E-state index contributed by atoms with van der Waals surface area (Å²) in [7, 11) is 0. The number of aliphatic carboxylic acids is 1. The van der Waals surface area contributed by atoms with Crippen molar-refractivity contribution in [2.24, 2.45) is 5.92 Å². The normalized spacial score (nSPS) is 15.2. The third kappa shape index (κ3) is 6.12. The van der Waals surface area contributed by atoms with Crippen LogP contribution in [0, 0.1) is 5.92 Å². The lowest BCUT2D eigenvalue weighted by atomic mass is 9.84. The van der Waals surface area contributed by atoms with Crippen LogP contribution in [-0.2, 0) is 24.1 Å². The van der Waals surface area contributed by atoms with Gasteiger partial charge in [0.15, 0.2) is 5.78 Å². The monoisotopic (exact) mass is 505 g/mol. The van der Waals surface area contributed by atoms with Crippen molar-refractivity contribution < 1.29 is 19.4 Å². The molecule has 2 atom stereocenters. The van der Waals surface area contributed by atoms with E-state index in [4.69, 9.17) is 4.74 Å². The lowest BCUT2D eigenvalue weighted by molar-refractivity contribution is -0.137. The summed E-state index contributed by atoms with van der Waals surface area (Å²) in [5.74, 6) is 0.140. The molecule has 0 amide bonds. The topological polar surface area (TPSA) is 75.6 Å². The van der Waals surface area contributed by atoms with E-state index in [0.717, 1.165) is 30.6 Å². The molecule has 0 aromatic heterocycles. The van der Waals surface area contributed by atoms with Crippen molar-refractivity contribution in [1.82, 2.24) is 0 Å². The van der Waals surface area contributed by atoms with Gasteiger partial charge in [0.2, 0.25) is 0 Å². The highest BCUT2D eigenvalue weighted by molar-refractivity contribution is 6.12. The van der Waals surface area contributed by atoms with E-state index in [9.17, 15) is 14.7 Å². The first-order valence-electron chi connectivity index (χ1n) is 13.0. The zero-order chi connectivity index (χ0) is 26.3. The van der Waals surface area contributed by atoms with Crippen LogP contribution in [-0.4, -0.2) is 29.5 Å². The van der Waals surface area contributed by atoms with E-state index >= 15 is 0 Å². The molecule has 0 spiro atoms. The van der Waals surface area contributed by atoms with Gasteiger partial charge in [-0.1, -0.05) is 78.9 Å². The summed E-state index contributed by atoms with van der Waals surface area (Å²) in [5, 5.41) is 13.0. The van der Waals surface area contributed by atoms with E-state index in [-0.39, 0.29) is 12.2 Å². The van der Waals surface area contributed by atoms with E-state index < -0.39 is 12.0 Å². The van der Waals surface area contributed by atoms with Crippen LogP contribution in [0.3, 0.4) is 0 Å². The molecule has 0 bridgehead atoms. The number of rotatable bonds is 10. The minimum absolute atomic E-state index is 0.152. The largest absolute Gasteiger partial charge is 0.493 e. The van der Waals surface area contributed by atoms with Gasteiger partial charge in [-0.05, 0) is 66.1 Å². The number of benzene rings is 4. The Morgan fingerprint density at radius 1 is 0.842 bits per heavy atom. The van der Waals surface area contributed by atoms with E-state index in [1.807, 2.05) is 42.5 Å². The van der Waals surface area contributed by atoms with Gasteiger partial charge in [-0.15, -0.1) is 0 Å². The van der Waals surface area contributed by atoms with E-state index in [2.05, 4.69) is 29.6 Å². The number of carboxylic acids is 1. The molecule has 38 heavy (non-hydrogen) atoms. The number of hydrogen-bond acceptors (Lipinski definition) is 4. The average Bonchev–Trinajstić information content (AvgIpc) is 2.96. The van der Waals surface area contributed by atoms with Gasteiger partial charge in [0, 0.05) is 23.2 Å². The number of carbonyl (C=O) groups excluding carboxylic acids is 1. The molecule has 192 valence electrons. The fourth-order valence-electron chi connectivity index (χ4n) is 5.03. The Kier molecular flexibility index (Phi) is 7.84. The molecule has 0 aliphatic heterocycles. The second-order valence-electron chi connectivity index (χ2n) is 9.81. The predicted octanol–water partition coefficient (Wildman–Crippen LogP) is 6.21. The van der Waals surface area contributed by atoms with Crippen LogP contribution in [0.1, 0.15) is 39.0 Å². The number of ketones is 1. The standard InChI is InChI=1S/C33H31NO4/c35-32(26-9-2-1-3-10-26)29-12-6-7-13-30(29)34-31(33(36)37)21-23-15-18-28(19-16-23)38-22-24-14-17-25-8-4-5-11-27(25)20-24/h1-13,15-16,18-19,24,31,34H,14,17,20-22H2,(H,36,37)/t24?,31-/m0/s1. The Bertz CT molecular complexity index is 1400. The molecule has 0 saturated carbocycles. The number of hydrogen-bond donors (Lipinski definition) is 2. The third-order valence-electron chi connectivity index (χ3n) is 7.13. The summed E-state index contributed by atoms with van der Waals surface area (Å²) >= 11 is 0. The van der Waals surface area contributed by atoms with Crippen LogP contribution in [0.25, 0.3) is 0 Å². The van der Waals surface area contributed by atoms with Gasteiger partial charge in [-0.2, -0.15) is 0 Å². The second-order valence-corrected chi connectivity index (χ2v) is 9.81. The third-order valence-corrected chi connectivity index (χ3v) is 7.13. The Hall–Kier alpha value is -4.38. The molecule has 1 aliphatic rings. The zero-order valence-corrected chi connectivity index (χ0v) is 21.2. The number of aryl methyl sites for hydroxylation is 1. The number of anilines is 1. The Balaban J connectivity index is 1.21. The minimum atomic E-state index is -0.982. The molecule has 1 unspecified atom stereocenters. The summed E-state index contributed by atoms with van der Waals surface area (Å²) in [5.41, 5.74) is 5.24. The van der Waals surface area contributed by atoms with Crippen LogP contribution in [0.5, 0.6) is 5.75 Å². The molecule has 5 heteroatoms. The molecule has 5 nitrogen and oxygen atoms in total. The van der Waals surface area contributed by atoms with Crippen LogP contribution in [0.4, 0.5) is 5.69 Å². The first-order chi connectivity index (χ1) is 18.6. The number of carboxylic acid groups (broad SMARTS) is 1. The van der Waals surface area contributed by atoms with Crippen molar-refractivity contribution in [2.45, 2.75) is 31.7 Å². The van der Waals surface area contributed by atoms with Crippen molar-refractivity contribution in [3.63, 3.8) is 0 Å². The number of fused-ring (bicyclic) bond motifs is 1. The minimum Gasteiger partial charge on any atom is -0.493 e. The summed E-state index contributed by atoms with van der Waals surface area (Å²) in [4.78, 5) is 25.2. The Morgan fingerprint density at radius 2 is 1.53 bits per heavy atom. The molecule has 4 aromatic rings. The summed E-state index contributed by atoms with van der Waals surface area (Å²) in [6.07, 6.45) is 3.51. The lowest BCUT2D eigenvalue weighted by Gasteiger charge is -2.24. The number of carbonyl (C=O) groups is 2. The first-order valence-corrected chi connectivity index (χ1v) is 13.0. The molecule has 5 rings (SSSR count). The molecule has 0 heterocycles. The van der Waals surface area contributed by atoms with Gasteiger partial charge in [0.05, 0.1) is 6.61 Å². The first kappa shape index (κ1) is 25.3. The SMILES string of the molecule is O=C(c1ccccc1)c1ccccc1N[C@@H](Cc1ccc(OCC2CCc3ccccc3C2)cc1)C(=O)O. The Morgan fingerprint density at radius 3 is 2.29 bits per heavy atom. The maximum Gasteiger partial charge on any atom is 0.326 e. The van der Waals surface area contributed by atoms with E-state index in [0.29, 0.717) is 29.3 Å². The fraction of sp³-hybridized carbons (Fsp3) is 0.212. The highest BCUT2D eigenvalue weighted by Crippen LogP contribution is 2.27. The van der Waals surface area contributed by atoms with Crippen LogP contribution in [0.15, 0.2) is 103 Å². The maximum absolute atomic E-state index is 13.0. The molecule has 0 radical (unpaired) electrons. The quantitative estimate of drug-likeness (QED) is 0.251. The van der Waals surface area contributed by atoms with E-state index in [1.165, 1.54) is 11.1 Å². The maximum atomic E-state index is 13.0. The predicted molar refractivity (Wildman–Crippen MR) is 149 cm³/mol. The van der Waals surface area contributed by atoms with Crippen LogP contribution >= 0.6 is 0 Å². The van der Waals surface area contributed by atoms with Crippen LogP contribution in [0.2, 0.25) is 0 Å². The summed E-state index contributed by atoms with van der Waals surface area (Å²) in [6, 6.07) is 31.4. The van der Waals surface area contributed by atoms with Crippen molar-refractivity contribution in [3.05, 3.63) is 131 Å². The van der Waals surface area contributed by atoms with Gasteiger partial charge >= 0.3 is 5.97 Å². The van der Waals surface area contributed by atoms with Gasteiger partial charge in [-0.25, -0.2) is 4.79 Å². The molecule has 0 saturated heterocycles. The van der Waals surface area contributed by atoms with Gasteiger partial charge < -0.3 is 15.2 Å². The molecule has 4 aromatic carbocycles. The molecule has 0 fully saturated rings. The highest BCUT2D eigenvalue weighted by Gasteiger charge is 2.22. The van der Waals surface area contributed by atoms with Crippen molar-refractivity contribution in [2.75, 3.05) is 11.9 Å².